The number of terminal acetylenes is 1. The maximum atomic E-state index is 12.0. The van der Waals surface area contributed by atoms with Gasteiger partial charge in [0.1, 0.15) is 0 Å². The van der Waals surface area contributed by atoms with Gasteiger partial charge in [-0.25, -0.2) is 0 Å². The zero-order chi connectivity index (χ0) is 15.9. The van der Waals surface area contributed by atoms with E-state index < -0.39 is 0 Å². The van der Waals surface area contributed by atoms with Gasteiger partial charge in [-0.05, 0) is 35.9 Å². The van der Waals surface area contributed by atoms with Crippen LogP contribution in [0.25, 0.3) is 0 Å². The summed E-state index contributed by atoms with van der Waals surface area (Å²) in [6.07, 6.45) is 5.58. The molecule has 22 heavy (non-hydrogen) atoms. The highest BCUT2D eigenvalue weighted by Gasteiger charge is 2.05. The van der Waals surface area contributed by atoms with Crippen LogP contribution in [-0.4, -0.2) is 11.8 Å². The Kier molecular flexibility index (Phi) is 4.94. The minimum atomic E-state index is -0.126. The summed E-state index contributed by atoms with van der Waals surface area (Å²) in [5, 5.41) is 5.49. The smallest absolute Gasteiger partial charge is 0.228 e. The van der Waals surface area contributed by atoms with Crippen molar-refractivity contribution >= 4 is 23.2 Å². The molecule has 0 aromatic heterocycles. The van der Waals surface area contributed by atoms with Crippen molar-refractivity contribution < 1.29 is 9.59 Å². The van der Waals surface area contributed by atoms with Crippen LogP contribution in [0.15, 0.2) is 48.5 Å². The monoisotopic (exact) mass is 292 g/mol. The first kappa shape index (κ1) is 15.3. The van der Waals surface area contributed by atoms with Crippen LogP contribution >= 0.6 is 0 Å². The first-order valence-electron chi connectivity index (χ1n) is 6.80. The van der Waals surface area contributed by atoms with E-state index in [1.807, 2.05) is 12.1 Å². The van der Waals surface area contributed by atoms with Gasteiger partial charge in [-0.2, -0.15) is 0 Å². The molecule has 4 heteroatoms. The first-order valence-corrected chi connectivity index (χ1v) is 6.80. The van der Waals surface area contributed by atoms with E-state index in [-0.39, 0.29) is 18.2 Å². The molecule has 0 unspecified atom stereocenters. The van der Waals surface area contributed by atoms with Crippen molar-refractivity contribution in [1.29, 1.82) is 0 Å². The molecule has 0 aliphatic heterocycles. The molecular formula is C18H16N2O2. The van der Waals surface area contributed by atoms with E-state index in [0.29, 0.717) is 11.4 Å². The summed E-state index contributed by atoms with van der Waals surface area (Å²) in [7, 11) is 0. The second-order valence-electron chi connectivity index (χ2n) is 4.83. The summed E-state index contributed by atoms with van der Waals surface area (Å²) < 4.78 is 0. The van der Waals surface area contributed by atoms with Gasteiger partial charge in [0.25, 0.3) is 0 Å². The molecule has 0 saturated carbocycles. The fraction of sp³-hybridized carbons (Fsp3) is 0.111. The average Bonchev–Trinajstić information content (AvgIpc) is 2.49. The van der Waals surface area contributed by atoms with Crippen molar-refractivity contribution in [1.82, 2.24) is 0 Å². The van der Waals surface area contributed by atoms with Crippen molar-refractivity contribution in [3.8, 4) is 12.3 Å². The third-order valence-corrected chi connectivity index (χ3v) is 2.95. The lowest BCUT2D eigenvalue weighted by atomic mass is 10.1. The average molecular weight is 292 g/mol. The number of hydrogen-bond acceptors (Lipinski definition) is 2. The number of carbonyl (C=O) groups is 2. The Labute approximate surface area is 129 Å². The topological polar surface area (TPSA) is 58.2 Å². The lowest BCUT2D eigenvalue weighted by Gasteiger charge is -2.07. The van der Waals surface area contributed by atoms with Crippen LogP contribution in [0.5, 0.6) is 0 Å². The fourth-order valence-electron chi connectivity index (χ4n) is 1.99. The van der Waals surface area contributed by atoms with Crippen LogP contribution < -0.4 is 10.6 Å². The maximum absolute atomic E-state index is 12.0. The normalized spacial score (nSPS) is 9.64. The zero-order valence-electron chi connectivity index (χ0n) is 12.2. The van der Waals surface area contributed by atoms with Crippen LogP contribution in [0.1, 0.15) is 18.1 Å². The molecule has 2 amide bonds. The van der Waals surface area contributed by atoms with Crippen LogP contribution in [0.4, 0.5) is 11.4 Å². The largest absolute Gasteiger partial charge is 0.326 e. The second-order valence-corrected chi connectivity index (χ2v) is 4.83. The van der Waals surface area contributed by atoms with E-state index >= 15 is 0 Å². The molecular weight excluding hydrogens is 276 g/mol. The molecule has 4 nitrogen and oxygen atoms in total. The van der Waals surface area contributed by atoms with Crippen LogP contribution in [0.3, 0.4) is 0 Å². The molecule has 110 valence electrons. The van der Waals surface area contributed by atoms with Gasteiger partial charge in [-0.3, -0.25) is 9.59 Å². The predicted octanol–water partition coefficient (Wildman–Crippen LogP) is 2.81. The molecule has 0 fully saturated rings. The molecule has 2 aromatic carbocycles. The van der Waals surface area contributed by atoms with E-state index in [9.17, 15) is 9.59 Å². The van der Waals surface area contributed by atoms with E-state index in [0.717, 1.165) is 11.1 Å². The minimum Gasteiger partial charge on any atom is -0.326 e. The fourth-order valence-corrected chi connectivity index (χ4v) is 1.99. The third kappa shape index (κ3) is 4.50. The van der Waals surface area contributed by atoms with Gasteiger partial charge in [-0.15, -0.1) is 6.42 Å². The number of carbonyl (C=O) groups excluding carboxylic acids is 2. The highest BCUT2D eigenvalue weighted by atomic mass is 16.2. The number of hydrogen-bond donors (Lipinski definition) is 2. The number of nitrogens with one attached hydrogen (secondary N) is 2. The van der Waals surface area contributed by atoms with E-state index in [1.54, 1.807) is 36.4 Å². The van der Waals surface area contributed by atoms with Crippen molar-refractivity contribution in [3.63, 3.8) is 0 Å². The number of amides is 2. The predicted molar refractivity (Wildman–Crippen MR) is 87.5 cm³/mol. The van der Waals surface area contributed by atoms with E-state index in [1.165, 1.54) is 6.92 Å². The highest BCUT2D eigenvalue weighted by molar-refractivity contribution is 5.92. The highest BCUT2D eigenvalue weighted by Crippen LogP contribution is 2.13. The van der Waals surface area contributed by atoms with Gasteiger partial charge < -0.3 is 10.6 Å². The molecule has 0 bridgehead atoms. The number of anilines is 2. The van der Waals surface area contributed by atoms with Gasteiger partial charge in [0.2, 0.25) is 11.8 Å². The van der Waals surface area contributed by atoms with Gasteiger partial charge >= 0.3 is 0 Å². The third-order valence-electron chi connectivity index (χ3n) is 2.95. The van der Waals surface area contributed by atoms with Crippen LogP contribution in [0, 0.1) is 12.3 Å². The van der Waals surface area contributed by atoms with Gasteiger partial charge in [-0.1, -0.05) is 24.1 Å². The van der Waals surface area contributed by atoms with Crippen molar-refractivity contribution in [2.24, 2.45) is 0 Å². The summed E-state index contributed by atoms with van der Waals surface area (Å²) >= 11 is 0. The van der Waals surface area contributed by atoms with E-state index in [2.05, 4.69) is 16.6 Å². The summed E-state index contributed by atoms with van der Waals surface area (Å²) in [6, 6.07) is 14.3. The Bertz CT molecular complexity index is 727. The molecule has 0 aliphatic rings. The SMILES string of the molecule is C#Cc1cccc(NC(=O)Cc2ccc(NC(C)=O)cc2)c1. The Morgan fingerprint density at radius 1 is 1.05 bits per heavy atom. The summed E-state index contributed by atoms with van der Waals surface area (Å²) in [4.78, 5) is 23.0. The molecule has 0 radical (unpaired) electrons. The standard InChI is InChI=1S/C18H16N2O2/c1-3-14-5-4-6-17(11-14)20-18(22)12-15-7-9-16(10-8-15)19-13(2)21/h1,4-11H,12H2,2H3,(H,19,21)(H,20,22). The quantitative estimate of drug-likeness (QED) is 0.851. The summed E-state index contributed by atoms with van der Waals surface area (Å²) in [5.74, 6) is 2.28. The lowest BCUT2D eigenvalue weighted by molar-refractivity contribution is -0.116. The van der Waals surface area contributed by atoms with Crippen molar-refractivity contribution in [2.45, 2.75) is 13.3 Å². The molecule has 2 N–H and O–H groups in total. The number of rotatable bonds is 4. The molecule has 2 aromatic rings. The Balaban J connectivity index is 1.97. The molecule has 0 aliphatic carbocycles. The zero-order valence-corrected chi connectivity index (χ0v) is 12.2. The lowest BCUT2D eigenvalue weighted by Crippen LogP contribution is -2.14. The van der Waals surface area contributed by atoms with Gasteiger partial charge in [0.05, 0.1) is 6.42 Å². The van der Waals surface area contributed by atoms with E-state index in [4.69, 9.17) is 6.42 Å². The maximum Gasteiger partial charge on any atom is 0.228 e. The van der Waals surface area contributed by atoms with Crippen LogP contribution in [0.2, 0.25) is 0 Å². The van der Waals surface area contributed by atoms with Crippen molar-refractivity contribution in [2.75, 3.05) is 10.6 Å². The van der Waals surface area contributed by atoms with Gasteiger partial charge in [0, 0.05) is 23.9 Å². The minimum absolute atomic E-state index is 0.124. The number of benzene rings is 2. The van der Waals surface area contributed by atoms with Gasteiger partial charge in [0.15, 0.2) is 0 Å². The molecule has 0 spiro atoms. The summed E-state index contributed by atoms with van der Waals surface area (Å²) in [6.45, 7) is 1.45. The Morgan fingerprint density at radius 3 is 2.41 bits per heavy atom. The second kappa shape index (κ2) is 7.09. The van der Waals surface area contributed by atoms with Crippen molar-refractivity contribution in [3.05, 3.63) is 59.7 Å². The summed E-state index contributed by atoms with van der Waals surface area (Å²) in [5.41, 5.74) is 2.96. The molecule has 2 rings (SSSR count). The first-order chi connectivity index (χ1) is 10.6. The molecule has 0 saturated heterocycles. The molecule has 0 atom stereocenters. The Hall–Kier alpha value is -3.06. The molecule has 0 heterocycles. The Morgan fingerprint density at radius 2 is 1.77 bits per heavy atom. The van der Waals surface area contributed by atoms with Crippen LogP contribution in [-0.2, 0) is 16.0 Å².